The highest BCUT2D eigenvalue weighted by Crippen LogP contribution is 2.20. The van der Waals surface area contributed by atoms with E-state index in [1.54, 1.807) is 0 Å². The van der Waals surface area contributed by atoms with E-state index in [0.29, 0.717) is 6.54 Å². The van der Waals surface area contributed by atoms with Gasteiger partial charge in [-0.25, -0.2) is 0 Å². The van der Waals surface area contributed by atoms with Gasteiger partial charge in [-0.3, -0.25) is 9.59 Å². The number of carbonyl (C=O) groups excluding carboxylic acids is 2. The summed E-state index contributed by atoms with van der Waals surface area (Å²) in [5, 5.41) is 6.01. The third kappa shape index (κ3) is 5.95. The van der Waals surface area contributed by atoms with Crippen LogP contribution in [0.1, 0.15) is 56.6 Å². The van der Waals surface area contributed by atoms with E-state index in [4.69, 9.17) is 0 Å². The highest BCUT2D eigenvalue weighted by molar-refractivity contribution is 5.85. The second kappa shape index (κ2) is 10.5. The molecule has 0 heterocycles. The van der Waals surface area contributed by atoms with Gasteiger partial charge >= 0.3 is 0 Å². The van der Waals surface area contributed by atoms with Crippen LogP contribution in [0.3, 0.4) is 0 Å². The molecule has 4 heteroatoms. The van der Waals surface area contributed by atoms with E-state index in [9.17, 15) is 9.59 Å². The van der Waals surface area contributed by atoms with Gasteiger partial charge in [-0.1, -0.05) is 74.5 Å². The monoisotopic (exact) mass is 366 g/mol. The Morgan fingerprint density at radius 1 is 0.778 bits per heavy atom. The predicted molar refractivity (Wildman–Crippen MR) is 110 cm³/mol. The lowest BCUT2D eigenvalue weighted by Crippen LogP contribution is -2.44. The Morgan fingerprint density at radius 3 is 1.67 bits per heavy atom. The predicted octanol–water partition coefficient (Wildman–Crippen LogP) is 3.99. The zero-order chi connectivity index (χ0) is 19.6. The molecule has 2 N–H and O–H groups in total. The smallest absolute Gasteiger partial charge is 0.227 e. The molecule has 144 valence electrons. The molecule has 2 amide bonds. The summed E-state index contributed by atoms with van der Waals surface area (Å²) in [5.41, 5.74) is 2.04. The van der Waals surface area contributed by atoms with E-state index >= 15 is 0 Å². The van der Waals surface area contributed by atoms with E-state index in [1.165, 1.54) is 0 Å². The molecule has 0 spiro atoms. The lowest BCUT2D eigenvalue weighted by atomic mass is 9.95. The molecule has 0 aromatic heterocycles. The van der Waals surface area contributed by atoms with Gasteiger partial charge in [0.25, 0.3) is 0 Å². The molecule has 2 rings (SSSR count). The molecule has 0 saturated heterocycles. The van der Waals surface area contributed by atoms with Crippen molar-refractivity contribution < 1.29 is 9.59 Å². The first-order chi connectivity index (χ1) is 13.1. The van der Waals surface area contributed by atoms with Gasteiger partial charge < -0.3 is 10.6 Å². The van der Waals surface area contributed by atoms with Crippen LogP contribution in [0, 0.1) is 0 Å². The molecule has 0 unspecified atom stereocenters. The van der Waals surface area contributed by atoms with Crippen molar-refractivity contribution >= 4 is 11.8 Å². The van der Waals surface area contributed by atoms with Crippen molar-refractivity contribution in [2.75, 3.05) is 6.54 Å². The second-order valence-corrected chi connectivity index (χ2v) is 6.90. The number of hydrogen-bond donors (Lipinski definition) is 2. The van der Waals surface area contributed by atoms with Gasteiger partial charge in [-0.15, -0.1) is 0 Å². The SMILES string of the molecule is CC[C@H](C(=O)NC[C@@H](C)NC(=O)[C@H](CC)c1ccccc1)c1ccccc1. The molecule has 0 aliphatic rings. The number of benzene rings is 2. The maximum Gasteiger partial charge on any atom is 0.227 e. The Kier molecular flexibility index (Phi) is 8.05. The summed E-state index contributed by atoms with van der Waals surface area (Å²) >= 11 is 0. The van der Waals surface area contributed by atoms with Crippen LogP contribution in [-0.4, -0.2) is 24.4 Å². The fourth-order valence-corrected chi connectivity index (χ4v) is 3.29. The maximum absolute atomic E-state index is 12.6. The van der Waals surface area contributed by atoms with Crippen LogP contribution in [0.5, 0.6) is 0 Å². The van der Waals surface area contributed by atoms with Crippen molar-refractivity contribution in [3.63, 3.8) is 0 Å². The van der Waals surface area contributed by atoms with Crippen LogP contribution in [0.25, 0.3) is 0 Å². The van der Waals surface area contributed by atoms with Crippen molar-refractivity contribution in [3.8, 4) is 0 Å². The van der Waals surface area contributed by atoms with Gasteiger partial charge in [-0.05, 0) is 30.9 Å². The summed E-state index contributed by atoms with van der Waals surface area (Å²) in [7, 11) is 0. The zero-order valence-corrected chi connectivity index (χ0v) is 16.4. The molecule has 0 aliphatic carbocycles. The standard InChI is InChI=1S/C23H30N2O2/c1-4-20(18-12-8-6-9-13-18)22(26)24-16-17(3)25-23(27)21(5-2)19-14-10-7-11-15-19/h6-15,17,20-21H,4-5,16H2,1-3H3,(H,24,26)(H,25,27)/t17-,20+,21-/m1/s1. The highest BCUT2D eigenvalue weighted by atomic mass is 16.2. The molecule has 27 heavy (non-hydrogen) atoms. The molecule has 0 fully saturated rings. The number of hydrogen-bond acceptors (Lipinski definition) is 2. The van der Waals surface area contributed by atoms with Crippen molar-refractivity contribution in [2.24, 2.45) is 0 Å². The third-order valence-corrected chi connectivity index (χ3v) is 4.82. The molecule has 0 radical (unpaired) electrons. The second-order valence-electron chi connectivity index (χ2n) is 6.90. The average molecular weight is 367 g/mol. The zero-order valence-electron chi connectivity index (χ0n) is 16.4. The third-order valence-electron chi connectivity index (χ3n) is 4.82. The molecular weight excluding hydrogens is 336 g/mol. The van der Waals surface area contributed by atoms with E-state index in [-0.39, 0.29) is 29.7 Å². The van der Waals surface area contributed by atoms with Gasteiger partial charge in [0, 0.05) is 12.6 Å². The quantitative estimate of drug-likeness (QED) is 0.705. The molecule has 3 atom stereocenters. The highest BCUT2D eigenvalue weighted by Gasteiger charge is 2.22. The Labute approximate surface area is 162 Å². The Hall–Kier alpha value is -2.62. The fourth-order valence-electron chi connectivity index (χ4n) is 3.29. The Bertz CT molecular complexity index is 716. The summed E-state index contributed by atoms with van der Waals surface area (Å²) in [6.07, 6.45) is 1.48. The minimum absolute atomic E-state index is 0.0000927. The van der Waals surface area contributed by atoms with E-state index in [2.05, 4.69) is 10.6 Å². The molecule has 2 aromatic rings. The van der Waals surface area contributed by atoms with E-state index in [1.807, 2.05) is 81.4 Å². The fraction of sp³-hybridized carbons (Fsp3) is 0.391. The molecule has 0 aliphatic heterocycles. The lowest BCUT2D eigenvalue weighted by molar-refractivity contribution is -0.125. The minimum Gasteiger partial charge on any atom is -0.354 e. The number of nitrogens with one attached hydrogen (secondary N) is 2. The average Bonchev–Trinajstić information content (AvgIpc) is 2.69. The summed E-state index contributed by atoms with van der Waals surface area (Å²) < 4.78 is 0. The first kappa shape index (κ1) is 20.7. The topological polar surface area (TPSA) is 58.2 Å². The van der Waals surface area contributed by atoms with Crippen LogP contribution in [0.4, 0.5) is 0 Å². The molecule has 0 saturated carbocycles. The van der Waals surface area contributed by atoms with Gasteiger partial charge in [0.05, 0.1) is 11.8 Å². The van der Waals surface area contributed by atoms with E-state index < -0.39 is 0 Å². The molecule has 0 bridgehead atoms. The Morgan fingerprint density at radius 2 is 1.22 bits per heavy atom. The van der Waals surface area contributed by atoms with Gasteiger partial charge in [-0.2, -0.15) is 0 Å². The largest absolute Gasteiger partial charge is 0.354 e. The van der Waals surface area contributed by atoms with Crippen molar-refractivity contribution in [1.29, 1.82) is 0 Å². The van der Waals surface area contributed by atoms with Gasteiger partial charge in [0.1, 0.15) is 0 Å². The lowest BCUT2D eigenvalue weighted by Gasteiger charge is -2.21. The van der Waals surface area contributed by atoms with Crippen LogP contribution in [0.15, 0.2) is 60.7 Å². The van der Waals surface area contributed by atoms with Gasteiger partial charge in [0.15, 0.2) is 0 Å². The number of carbonyl (C=O) groups is 2. The summed E-state index contributed by atoms with van der Waals surface area (Å²) in [6.45, 7) is 6.35. The summed E-state index contributed by atoms with van der Waals surface area (Å²) in [5.74, 6) is -0.334. The first-order valence-electron chi connectivity index (χ1n) is 9.74. The number of rotatable bonds is 9. The van der Waals surface area contributed by atoms with Crippen molar-refractivity contribution in [3.05, 3.63) is 71.8 Å². The maximum atomic E-state index is 12.6. The van der Waals surface area contributed by atoms with Crippen LogP contribution in [0.2, 0.25) is 0 Å². The van der Waals surface area contributed by atoms with Crippen LogP contribution in [-0.2, 0) is 9.59 Å². The van der Waals surface area contributed by atoms with E-state index in [0.717, 1.165) is 24.0 Å². The van der Waals surface area contributed by atoms with Crippen molar-refractivity contribution in [2.45, 2.75) is 51.5 Å². The van der Waals surface area contributed by atoms with Gasteiger partial charge in [0.2, 0.25) is 11.8 Å². The van der Waals surface area contributed by atoms with Crippen molar-refractivity contribution in [1.82, 2.24) is 10.6 Å². The van der Waals surface area contributed by atoms with Crippen LogP contribution >= 0.6 is 0 Å². The summed E-state index contributed by atoms with van der Waals surface area (Å²) in [4.78, 5) is 25.2. The first-order valence-corrected chi connectivity index (χ1v) is 9.74. The minimum atomic E-state index is -0.169. The molecule has 2 aromatic carbocycles. The Balaban J connectivity index is 1.88. The summed E-state index contributed by atoms with van der Waals surface area (Å²) in [6, 6.07) is 19.5. The van der Waals surface area contributed by atoms with Crippen LogP contribution < -0.4 is 10.6 Å². The molecular formula is C23H30N2O2. The molecule has 4 nitrogen and oxygen atoms in total. The normalized spacial score (nSPS) is 14.0. The number of amides is 2.